The van der Waals surface area contributed by atoms with Gasteiger partial charge in [0.2, 0.25) is 5.91 Å². The molecule has 27 heavy (non-hydrogen) atoms. The van der Waals surface area contributed by atoms with Crippen LogP contribution in [0.4, 0.5) is 11.4 Å². The highest BCUT2D eigenvalue weighted by molar-refractivity contribution is 8.23. The third-order valence-corrected chi connectivity index (χ3v) is 7.55. The second-order valence-electron chi connectivity index (χ2n) is 7.01. The maximum absolute atomic E-state index is 13.2. The Hall–Kier alpha value is -1.50. The molecule has 2 aliphatic heterocycles. The van der Waals surface area contributed by atoms with E-state index in [1.165, 1.54) is 24.6 Å². The van der Waals surface area contributed by atoms with Gasteiger partial charge in [0, 0.05) is 22.9 Å². The Morgan fingerprint density at radius 1 is 1.15 bits per heavy atom. The lowest BCUT2D eigenvalue weighted by molar-refractivity contribution is -0.115. The highest BCUT2D eigenvalue weighted by Gasteiger charge is 2.28. The molecule has 2 aromatic carbocycles. The Balaban J connectivity index is 1.51. The van der Waals surface area contributed by atoms with Crippen LogP contribution in [0, 0.1) is 5.92 Å². The van der Waals surface area contributed by atoms with Crippen molar-refractivity contribution in [1.82, 2.24) is 4.90 Å². The third kappa shape index (κ3) is 4.03. The Kier molecular flexibility index (Phi) is 5.76. The van der Waals surface area contributed by atoms with Gasteiger partial charge in [-0.1, -0.05) is 66.9 Å². The van der Waals surface area contributed by atoms with Crippen LogP contribution in [0.2, 0.25) is 0 Å². The topological polar surface area (TPSA) is 23.6 Å². The van der Waals surface area contributed by atoms with Gasteiger partial charge in [-0.3, -0.25) is 9.69 Å². The van der Waals surface area contributed by atoms with Crippen LogP contribution in [-0.2, 0) is 4.79 Å². The zero-order valence-corrected chi connectivity index (χ0v) is 17.7. The first-order valence-electron chi connectivity index (χ1n) is 9.24. The second-order valence-corrected chi connectivity index (χ2v) is 9.71. The molecule has 0 N–H and O–H groups in total. The van der Waals surface area contributed by atoms with E-state index in [-0.39, 0.29) is 5.91 Å². The predicted molar refractivity (Wildman–Crippen MR) is 119 cm³/mol. The van der Waals surface area contributed by atoms with Crippen LogP contribution in [-0.4, -0.2) is 34.0 Å². The number of amides is 1. The number of nitrogens with zero attached hydrogens (tertiary/aromatic N) is 2. The minimum Gasteiger partial charge on any atom is -0.357 e. The number of thioether (sulfide) groups is 1. The summed E-state index contributed by atoms with van der Waals surface area (Å²) in [7, 11) is 0. The minimum absolute atomic E-state index is 0.0765. The van der Waals surface area contributed by atoms with Gasteiger partial charge in [-0.25, -0.2) is 0 Å². The fourth-order valence-corrected chi connectivity index (χ4v) is 5.73. The number of para-hydroxylation sites is 2. The summed E-state index contributed by atoms with van der Waals surface area (Å²) in [6.45, 7) is 4.28. The molecule has 6 heteroatoms. The summed E-state index contributed by atoms with van der Waals surface area (Å²) in [6, 6.07) is 16.2. The Morgan fingerprint density at radius 3 is 2.41 bits per heavy atom. The molecule has 1 fully saturated rings. The number of carbonyl (C=O) groups excluding carboxylic acids is 1. The molecule has 2 heterocycles. The predicted octanol–water partition coefficient (Wildman–Crippen LogP) is 5.57. The molecular weight excluding hydrogens is 392 g/mol. The molecule has 2 aromatic rings. The molecule has 2 aliphatic rings. The van der Waals surface area contributed by atoms with Gasteiger partial charge in [-0.2, -0.15) is 0 Å². The first-order valence-corrected chi connectivity index (χ1v) is 11.4. The van der Waals surface area contributed by atoms with Crippen LogP contribution in [0.5, 0.6) is 0 Å². The summed E-state index contributed by atoms with van der Waals surface area (Å²) < 4.78 is 0.850. The van der Waals surface area contributed by atoms with Crippen molar-refractivity contribution in [2.45, 2.75) is 29.6 Å². The van der Waals surface area contributed by atoms with E-state index in [0.717, 1.165) is 38.6 Å². The van der Waals surface area contributed by atoms with Gasteiger partial charge in [0.05, 0.1) is 17.1 Å². The summed E-state index contributed by atoms with van der Waals surface area (Å²) in [5.41, 5.74) is 1.92. The molecule has 0 aromatic heterocycles. The first kappa shape index (κ1) is 18.8. The monoisotopic (exact) mass is 414 g/mol. The largest absolute Gasteiger partial charge is 0.357 e. The van der Waals surface area contributed by atoms with Crippen LogP contribution >= 0.6 is 35.7 Å². The number of thiocarbonyl (C=S) groups is 1. The first-order chi connectivity index (χ1) is 13.1. The van der Waals surface area contributed by atoms with Gasteiger partial charge in [0.15, 0.2) is 0 Å². The average Bonchev–Trinajstić information content (AvgIpc) is 2.70. The summed E-state index contributed by atoms with van der Waals surface area (Å²) in [5.74, 6) is 1.11. The van der Waals surface area contributed by atoms with Crippen molar-refractivity contribution >= 4 is 57.3 Å². The molecule has 0 bridgehead atoms. The van der Waals surface area contributed by atoms with E-state index in [0.29, 0.717) is 11.7 Å². The third-order valence-electron chi connectivity index (χ3n) is 4.92. The van der Waals surface area contributed by atoms with E-state index in [9.17, 15) is 4.79 Å². The molecule has 3 nitrogen and oxygen atoms in total. The number of hydrogen-bond acceptors (Lipinski definition) is 4. The molecule has 1 unspecified atom stereocenters. The maximum Gasteiger partial charge on any atom is 0.242 e. The highest BCUT2D eigenvalue weighted by atomic mass is 32.2. The van der Waals surface area contributed by atoms with Crippen molar-refractivity contribution < 1.29 is 4.79 Å². The van der Waals surface area contributed by atoms with E-state index in [1.54, 1.807) is 11.8 Å². The number of carbonyl (C=O) groups is 1. The number of benzene rings is 2. The van der Waals surface area contributed by atoms with Gasteiger partial charge < -0.3 is 4.90 Å². The van der Waals surface area contributed by atoms with Crippen molar-refractivity contribution in [3.8, 4) is 0 Å². The molecule has 1 saturated heterocycles. The van der Waals surface area contributed by atoms with Crippen LogP contribution in [0.25, 0.3) is 0 Å². The Labute approximate surface area is 174 Å². The van der Waals surface area contributed by atoms with Crippen molar-refractivity contribution in [2.24, 2.45) is 5.92 Å². The number of hydrogen-bond donors (Lipinski definition) is 0. The minimum atomic E-state index is 0.0765. The molecule has 0 saturated carbocycles. The number of fused-ring (bicyclic) bond motifs is 2. The molecule has 4 rings (SSSR count). The molecular formula is C21H22N2OS3. The maximum atomic E-state index is 13.2. The summed E-state index contributed by atoms with van der Waals surface area (Å²) >= 11 is 8.83. The van der Waals surface area contributed by atoms with Gasteiger partial charge in [0.1, 0.15) is 4.32 Å². The zero-order valence-electron chi connectivity index (χ0n) is 15.3. The number of anilines is 2. The lowest BCUT2D eigenvalue weighted by Gasteiger charge is -2.33. The van der Waals surface area contributed by atoms with Crippen molar-refractivity contribution in [3.05, 3.63) is 48.5 Å². The number of rotatable bonds is 2. The number of likely N-dealkylation sites (tertiary alicyclic amines) is 1. The Morgan fingerprint density at radius 2 is 1.78 bits per heavy atom. The van der Waals surface area contributed by atoms with Gasteiger partial charge in [-0.05, 0) is 43.0 Å². The summed E-state index contributed by atoms with van der Waals surface area (Å²) in [5, 5.41) is 0. The van der Waals surface area contributed by atoms with E-state index in [1.807, 2.05) is 41.3 Å². The van der Waals surface area contributed by atoms with Gasteiger partial charge >= 0.3 is 0 Å². The van der Waals surface area contributed by atoms with Gasteiger partial charge in [0.25, 0.3) is 0 Å². The van der Waals surface area contributed by atoms with Crippen LogP contribution < -0.4 is 4.90 Å². The normalized spacial score (nSPS) is 18.6. The zero-order chi connectivity index (χ0) is 18.8. The van der Waals surface area contributed by atoms with Crippen molar-refractivity contribution in [3.63, 3.8) is 0 Å². The second kappa shape index (κ2) is 8.25. The van der Waals surface area contributed by atoms with Crippen molar-refractivity contribution in [2.75, 3.05) is 23.7 Å². The lowest BCUT2D eigenvalue weighted by atomic mass is 10.0. The fourth-order valence-electron chi connectivity index (χ4n) is 3.61. The van der Waals surface area contributed by atoms with Crippen molar-refractivity contribution in [1.29, 1.82) is 0 Å². The lowest BCUT2D eigenvalue weighted by Crippen LogP contribution is -2.38. The van der Waals surface area contributed by atoms with Crippen LogP contribution in [0.1, 0.15) is 19.8 Å². The van der Waals surface area contributed by atoms with Gasteiger partial charge in [-0.15, -0.1) is 0 Å². The molecule has 1 amide bonds. The molecule has 0 spiro atoms. The molecule has 140 valence electrons. The van der Waals surface area contributed by atoms with Crippen LogP contribution in [0.3, 0.4) is 0 Å². The smallest absolute Gasteiger partial charge is 0.242 e. The fraction of sp³-hybridized carbons (Fsp3) is 0.333. The molecule has 0 aliphatic carbocycles. The van der Waals surface area contributed by atoms with E-state index < -0.39 is 0 Å². The Bertz CT molecular complexity index is 825. The quantitative estimate of drug-likeness (QED) is 0.598. The number of piperidine rings is 1. The van der Waals surface area contributed by atoms with Crippen LogP contribution in [0.15, 0.2) is 58.3 Å². The SMILES string of the molecule is CC1CCCN(C(=S)SCC(=O)N2c3ccccc3Sc3ccccc32)C1. The van der Waals surface area contributed by atoms with E-state index in [4.69, 9.17) is 12.2 Å². The highest BCUT2D eigenvalue weighted by Crippen LogP contribution is 2.48. The summed E-state index contributed by atoms with van der Waals surface area (Å²) in [4.78, 5) is 19.5. The average molecular weight is 415 g/mol. The summed E-state index contributed by atoms with van der Waals surface area (Å²) in [6.07, 6.45) is 2.45. The molecule has 0 radical (unpaired) electrons. The van der Waals surface area contributed by atoms with E-state index >= 15 is 0 Å². The van der Waals surface area contributed by atoms with E-state index in [2.05, 4.69) is 24.0 Å². The molecule has 1 atom stereocenters. The standard InChI is InChI=1S/C21H22N2OS3/c1-15-7-6-12-22(13-15)21(25)26-14-20(24)23-16-8-2-4-10-18(16)27-19-11-5-3-9-17(19)23/h2-5,8-11,15H,6-7,12-14H2,1H3.